The summed E-state index contributed by atoms with van der Waals surface area (Å²) in [6, 6.07) is 0. The Bertz CT molecular complexity index is 235. The standard InChI is InChI=1S/C9H20O4S/c1-3-5-8(10)6-7-9(4-2)14(11,12)13/h8-10H,3-7H2,1-2H3,(H,11,12,13). The molecule has 0 radical (unpaired) electrons. The molecule has 86 valence electrons. The van der Waals surface area contributed by atoms with Gasteiger partial charge in [-0.1, -0.05) is 20.3 Å². The van der Waals surface area contributed by atoms with E-state index in [1.165, 1.54) is 0 Å². The van der Waals surface area contributed by atoms with Crippen LogP contribution in [0, 0.1) is 0 Å². The van der Waals surface area contributed by atoms with Gasteiger partial charge in [0.25, 0.3) is 10.1 Å². The van der Waals surface area contributed by atoms with Crippen LogP contribution in [-0.2, 0) is 10.1 Å². The molecule has 0 aliphatic heterocycles. The molecule has 0 aliphatic rings. The van der Waals surface area contributed by atoms with Crippen molar-refractivity contribution in [3.63, 3.8) is 0 Å². The first-order valence-electron chi connectivity index (χ1n) is 5.06. The molecule has 2 unspecified atom stereocenters. The first-order chi connectivity index (χ1) is 6.41. The average Bonchev–Trinajstić information content (AvgIpc) is 2.03. The number of hydrogen-bond donors (Lipinski definition) is 2. The van der Waals surface area contributed by atoms with Crippen LogP contribution in [0.1, 0.15) is 46.0 Å². The Balaban J connectivity index is 3.97. The largest absolute Gasteiger partial charge is 0.393 e. The fourth-order valence-corrected chi connectivity index (χ4v) is 2.27. The zero-order chi connectivity index (χ0) is 11.2. The molecule has 2 N–H and O–H groups in total. The van der Waals surface area contributed by atoms with Gasteiger partial charge in [-0.3, -0.25) is 4.55 Å². The molecular formula is C9H20O4S. The summed E-state index contributed by atoms with van der Waals surface area (Å²) in [5, 5.41) is 8.66. The van der Waals surface area contributed by atoms with E-state index in [1.807, 2.05) is 6.92 Å². The number of hydrogen-bond acceptors (Lipinski definition) is 3. The Morgan fingerprint density at radius 1 is 1.14 bits per heavy atom. The average molecular weight is 224 g/mol. The zero-order valence-electron chi connectivity index (χ0n) is 8.81. The third-order valence-corrected chi connectivity index (χ3v) is 3.73. The summed E-state index contributed by atoms with van der Waals surface area (Å²) in [7, 11) is -3.94. The van der Waals surface area contributed by atoms with Gasteiger partial charge in [0.2, 0.25) is 0 Å². The van der Waals surface area contributed by atoms with Crippen LogP contribution in [0.4, 0.5) is 0 Å². The Morgan fingerprint density at radius 2 is 1.71 bits per heavy atom. The van der Waals surface area contributed by atoms with E-state index in [0.717, 1.165) is 6.42 Å². The van der Waals surface area contributed by atoms with E-state index in [1.54, 1.807) is 6.92 Å². The predicted octanol–water partition coefficient (Wildman–Crippen LogP) is 1.59. The monoisotopic (exact) mass is 224 g/mol. The minimum atomic E-state index is -3.94. The van der Waals surface area contributed by atoms with Gasteiger partial charge in [0, 0.05) is 0 Å². The van der Waals surface area contributed by atoms with E-state index in [2.05, 4.69) is 0 Å². The normalized spacial score (nSPS) is 16.6. The third-order valence-electron chi connectivity index (χ3n) is 2.32. The van der Waals surface area contributed by atoms with Crippen molar-refractivity contribution in [1.82, 2.24) is 0 Å². The summed E-state index contributed by atoms with van der Waals surface area (Å²) in [5.41, 5.74) is 0. The first kappa shape index (κ1) is 13.9. The zero-order valence-corrected chi connectivity index (χ0v) is 9.63. The molecule has 2 atom stereocenters. The Labute approximate surface area is 86.1 Å². The van der Waals surface area contributed by atoms with Crippen LogP contribution in [-0.4, -0.2) is 29.4 Å². The van der Waals surface area contributed by atoms with Crippen molar-refractivity contribution in [2.45, 2.75) is 57.3 Å². The van der Waals surface area contributed by atoms with Crippen molar-refractivity contribution < 1.29 is 18.1 Å². The van der Waals surface area contributed by atoms with E-state index < -0.39 is 21.5 Å². The van der Waals surface area contributed by atoms with Crippen molar-refractivity contribution in [3.05, 3.63) is 0 Å². The van der Waals surface area contributed by atoms with Gasteiger partial charge >= 0.3 is 0 Å². The molecule has 0 heterocycles. The molecule has 0 aromatic carbocycles. The molecule has 0 aliphatic carbocycles. The second-order valence-electron chi connectivity index (χ2n) is 3.57. The van der Waals surface area contributed by atoms with E-state index >= 15 is 0 Å². The Hall–Kier alpha value is -0.130. The summed E-state index contributed by atoms with van der Waals surface area (Å²) >= 11 is 0. The molecule has 0 rings (SSSR count). The second-order valence-corrected chi connectivity index (χ2v) is 5.26. The molecule has 5 heteroatoms. The minimum absolute atomic E-state index is 0.330. The maximum Gasteiger partial charge on any atom is 0.267 e. The van der Waals surface area contributed by atoms with Crippen LogP contribution in [0.3, 0.4) is 0 Å². The number of aliphatic hydroxyl groups is 1. The SMILES string of the molecule is CCCC(O)CCC(CC)S(=O)(=O)O. The van der Waals surface area contributed by atoms with Gasteiger partial charge in [-0.15, -0.1) is 0 Å². The fraction of sp³-hybridized carbons (Fsp3) is 1.00. The van der Waals surface area contributed by atoms with Crippen LogP contribution in [0.2, 0.25) is 0 Å². The minimum Gasteiger partial charge on any atom is -0.393 e. The van der Waals surface area contributed by atoms with Gasteiger partial charge in [-0.2, -0.15) is 8.42 Å². The van der Waals surface area contributed by atoms with Gasteiger partial charge < -0.3 is 5.11 Å². The van der Waals surface area contributed by atoms with Gasteiger partial charge in [0.05, 0.1) is 11.4 Å². The van der Waals surface area contributed by atoms with Crippen LogP contribution in [0.15, 0.2) is 0 Å². The summed E-state index contributed by atoms with van der Waals surface area (Å²) in [5.74, 6) is 0. The van der Waals surface area contributed by atoms with Gasteiger partial charge in [-0.25, -0.2) is 0 Å². The van der Waals surface area contributed by atoms with E-state index in [9.17, 15) is 13.5 Å². The van der Waals surface area contributed by atoms with Crippen molar-refractivity contribution >= 4 is 10.1 Å². The molecule has 4 nitrogen and oxygen atoms in total. The van der Waals surface area contributed by atoms with Crippen molar-refractivity contribution in [2.24, 2.45) is 0 Å². The molecule has 0 amide bonds. The van der Waals surface area contributed by atoms with Crippen LogP contribution >= 0.6 is 0 Å². The van der Waals surface area contributed by atoms with Crippen molar-refractivity contribution in [1.29, 1.82) is 0 Å². The predicted molar refractivity (Wildman–Crippen MR) is 55.8 cm³/mol. The van der Waals surface area contributed by atoms with Crippen molar-refractivity contribution in [3.8, 4) is 0 Å². The lowest BCUT2D eigenvalue weighted by Gasteiger charge is -2.14. The molecule has 0 fully saturated rings. The lowest BCUT2D eigenvalue weighted by atomic mass is 10.1. The lowest BCUT2D eigenvalue weighted by Crippen LogP contribution is -2.21. The molecule has 0 aromatic heterocycles. The molecular weight excluding hydrogens is 204 g/mol. The van der Waals surface area contributed by atoms with E-state index in [-0.39, 0.29) is 0 Å². The Morgan fingerprint density at radius 3 is 2.07 bits per heavy atom. The van der Waals surface area contributed by atoms with E-state index in [4.69, 9.17) is 4.55 Å². The molecule has 0 aromatic rings. The fourth-order valence-electron chi connectivity index (χ4n) is 1.42. The topological polar surface area (TPSA) is 74.6 Å². The summed E-state index contributed by atoms with van der Waals surface area (Å²) in [6.45, 7) is 3.67. The van der Waals surface area contributed by atoms with Crippen LogP contribution in [0.25, 0.3) is 0 Å². The van der Waals surface area contributed by atoms with Gasteiger partial charge in [-0.05, 0) is 25.7 Å². The van der Waals surface area contributed by atoms with Gasteiger partial charge in [0.1, 0.15) is 0 Å². The quantitative estimate of drug-likeness (QED) is 0.644. The Kier molecular flexibility index (Phi) is 6.31. The number of rotatable bonds is 7. The van der Waals surface area contributed by atoms with Crippen LogP contribution < -0.4 is 0 Å². The van der Waals surface area contributed by atoms with Crippen LogP contribution in [0.5, 0.6) is 0 Å². The summed E-state index contributed by atoms with van der Waals surface area (Å²) in [6.07, 6.45) is 2.27. The lowest BCUT2D eigenvalue weighted by molar-refractivity contribution is 0.150. The summed E-state index contributed by atoms with van der Waals surface area (Å²) < 4.78 is 30.4. The molecule has 14 heavy (non-hydrogen) atoms. The van der Waals surface area contributed by atoms with Gasteiger partial charge in [0.15, 0.2) is 0 Å². The highest BCUT2D eigenvalue weighted by molar-refractivity contribution is 7.86. The smallest absolute Gasteiger partial charge is 0.267 e. The maximum absolute atomic E-state index is 10.8. The van der Waals surface area contributed by atoms with E-state index in [0.29, 0.717) is 25.7 Å². The molecule has 0 saturated carbocycles. The molecule has 0 spiro atoms. The summed E-state index contributed by atoms with van der Waals surface area (Å²) in [4.78, 5) is 0. The maximum atomic E-state index is 10.8. The number of aliphatic hydroxyl groups excluding tert-OH is 1. The third kappa shape index (κ3) is 5.57. The highest BCUT2D eigenvalue weighted by atomic mass is 32.2. The molecule has 0 saturated heterocycles. The van der Waals surface area contributed by atoms with Crippen molar-refractivity contribution in [2.75, 3.05) is 0 Å². The second kappa shape index (κ2) is 6.37. The highest BCUT2D eigenvalue weighted by Gasteiger charge is 2.21. The first-order valence-corrected chi connectivity index (χ1v) is 6.56. The molecule has 0 bridgehead atoms. The highest BCUT2D eigenvalue weighted by Crippen LogP contribution is 2.14.